The largest absolute Gasteiger partial charge is 0.369 e. The Bertz CT molecular complexity index is 311. The predicted molar refractivity (Wildman–Crippen MR) is 68.7 cm³/mol. The van der Waals surface area contributed by atoms with E-state index in [0.29, 0.717) is 6.10 Å². The van der Waals surface area contributed by atoms with Gasteiger partial charge in [0.15, 0.2) is 0 Å². The Morgan fingerprint density at radius 1 is 1.31 bits per heavy atom. The first-order chi connectivity index (χ1) is 7.69. The molecule has 1 rings (SSSR count). The Kier molecular flexibility index (Phi) is 5.50. The van der Waals surface area contributed by atoms with Crippen LogP contribution in [-0.4, -0.2) is 19.7 Å². The summed E-state index contributed by atoms with van der Waals surface area (Å²) >= 11 is 0. The van der Waals surface area contributed by atoms with E-state index in [2.05, 4.69) is 50.4 Å². The highest BCUT2D eigenvalue weighted by molar-refractivity contribution is 5.28. The molecule has 0 spiro atoms. The number of likely N-dealkylation sites (N-methyl/N-ethyl adjacent to an activating group) is 1. The van der Waals surface area contributed by atoms with Crippen LogP contribution in [0.2, 0.25) is 0 Å². The second-order valence-electron chi connectivity index (χ2n) is 4.26. The zero-order valence-corrected chi connectivity index (χ0v) is 10.8. The Morgan fingerprint density at radius 3 is 2.56 bits per heavy atom. The van der Waals surface area contributed by atoms with Crippen molar-refractivity contribution in [2.24, 2.45) is 0 Å². The van der Waals surface area contributed by atoms with Crippen molar-refractivity contribution in [2.45, 2.75) is 39.4 Å². The quantitative estimate of drug-likeness (QED) is 0.797. The minimum atomic E-state index is 0.154. The van der Waals surface area contributed by atoms with Crippen LogP contribution in [-0.2, 0) is 4.74 Å². The Morgan fingerprint density at radius 2 is 2.00 bits per heavy atom. The summed E-state index contributed by atoms with van der Waals surface area (Å²) in [5, 5.41) is 3.20. The fourth-order valence-electron chi connectivity index (χ4n) is 1.74. The molecule has 90 valence electrons. The van der Waals surface area contributed by atoms with Crippen LogP contribution in [0.5, 0.6) is 0 Å². The maximum Gasteiger partial charge on any atom is 0.0955 e. The van der Waals surface area contributed by atoms with Gasteiger partial charge in [-0.05, 0) is 38.4 Å². The van der Waals surface area contributed by atoms with Gasteiger partial charge >= 0.3 is 0 Å². The number of nitrogens with one attached hydrogen (secondary N) is 1. The molecular formula is C14H23NO. The number of hydrogen-bond donors (Lipinski definition) is 1. The molecule has 0 amide bonds. The van der Waals surface area contributed by atoms with E-state index in [1.165, 1.54) is 11.1 Å². The summed E-state index contributed by atoms with van der Waals surface area (Å²) in [5.41, 5.74) is 2.59. The molecule has 1 aromatic carbocycles. The third-order valence-corrected chi connectivity index (χ3v) is 2.90. The maximum absolute atomic E-state index is 6.04. The molecule has 2 atom stereocenters. The van der Waals surface area contributed by atoms with Gasteiger partial charge in [-0.2, -0.15) is 0 Å². The summed E-state index contributed by atoms with van der Waals surface area (Å²) in [7, 11) is 1.96. The minimum Gasteiger partial charge on any atom is -0.369 e. The van der Waals surface area contributed by atoms with Crippen molar-refractivity contribution < 1.29 is 4.74 Å². The minimum absolute atomic E-state index is 0.154. The van der Waals surface area contributed by atoms with Crippen molar-refractivity contribution in [3.8, 4) is 0 Å². The van der Waals surface area contributed by atoms with Gasteiger partial charge in [-0.3, -0.25) is 0 Å². The van der Waals surface area contributed by atoms with Crippen LogP contribution in [0.3, 0.4) is 0 Å². The van der Waals surface area contributed by atoms with Gasteiger partial charge in [-0.25, -0.2) is 0 Å². The van der Waals surface area contributed by atoms with Crippen molar-refractivity contribution in [3.63, 3.8) is 0 Å². The molecule has 2 unspecified atom stereocenters. The summed E-state index contributed by atoms with van der Waals surface area (Å²) in [6.45, 7) is 7.27. The van der Waals surface area contributed by atoms with Crippen molar-refractivity contribution in [3.05, 3.63) is 35.4 Å². The van der Waals surface area contributed by atoms with Gasteiger partial charge in [0.2, 0.25) is 0 Å². The zero-order chi connectivity index (χ0) is 12.0. The lowest BCUT2D eigenvalue weighted by molar-refractivity contribution is -0.00388. The summed E-state index contributed by atoms with van der Waals surface area (Å²) in [5.74, 6) is 0. The summed E-state index contributed by atoms with van der Waals surface area (Å²) in [6.07, 6.45) is 1.51. The van der Waals surface area contributed by atoms with E-state index >= 15 is 0 Å². The molecule has 0 saturated heterocycles. The molecule has 0 aliphatic carbocycles. The average molecular weight is 221 g/mol. The normalized spacial score (nSPS) is 14.8. The maximum atomic E-state index is 6.04. The van der Waals surface area contributed by atoms with Crippen LogP contribution in [0.1, 0.15) is 37.5 Å². The monoisotopic (exact) mass is 221 g/mol. The van der Waals surface area contributed by atoms with Crippen LogP contribution >= 0.6 is 0 Å². The van der Waals surface area contributed by atoms with Crippen LogP contribution in [0, 0.1) is 6.92 Å². The molecule has 16 heavy (non-hydrogen) atoms. The lowest BCUT2D eigenvalue weighted by Crippen LogP contribution is -2.23. The van der Waals surface area contributed by atoms with Gasteiger partial charge in [0, 0.05) is 6.54 Å². The molecule has 0 radical (unpaired) electrons. The number of aryl methyl sites for hydroxylation is 1. The van der Waals surface area contributed by atoms with E-state index in [0.717, 1.165) is 13.0 Å². The second kappa shape index (κ2) is 6.66. The van der Waals surface area contributed by atoms with Gasteiger partial charge in [-0.1, -0.05) is 31.2 Å². The third-order valence-electron chi connectivity index (χ3n) is 2.90. The van der Waals surface area contributed by atoms with E-state index in [9.17, 15) is 0 Å². The molecule has 0 aromatic heterocycles. The SMILES string of the molecule is CCC(C)OC(CNC)c1ccccc1C. The Balaban J connectivity index is 2.80. The Hall–Kier alpha value is -0.860. The summed E-state index contributed by atoms with van der Waals surface area (Å²) in [4.78, 5) is 0. The molecular weight excluding hydrogens is 198 g/mol. The molecule has 0 aliphatic rings. The van der Waals surface area contributed by atoms with Gasteiger partial charge in [-0.15, -0.1) is 0 Å². The number of rotatable bonds is 6. The van der Waals surface area contributed by atoms with Crippen LogP contribution in [0.15, 0.2) is 24.3 Å². The Labute approximate surface area is 99.0 Å². The van der Waals surface area contributed by atoms with E-state index in [1.54, 1.807) is 0 Å². The van der Waals surface area contributed by atoms with Crippen molar-refractivity contribution in [2.75, 3.05) is 13.6 Å². The first-order valence-electron chi connectivity index (χ1n) is 6.04. The molecule has 0 bridgehead atoms. The summed E-state index contributed by atoms with van der Waals surface area (Å²) in [6, 6.07) is 8.43. The van der Waals surface area contributed by atoms with Crippen LogP contribution in [0.4, 0.5) is 0 Å². The van der Waals surface area contributed by atoms with Crippen LogP contribution in [0.25, 0.3) is 0 Å². The topological polar surface area (TPSA) is 21.3 Å². The lowest BCUT2D eigenvalue weighted by atomic mass is 10.0. The standard InChI is InChI=1S/C14H23NO/c1-5-12(3)16-14(10-15-4)13-9-7-6-8-11(13)2/h6-9,12,14-15H,5,10H2,1-4H3. The molecule has 2 heteroatoms. The second-order valence-corrected chi connectivity index (χ2v) is 4.26. The molecule has 0 aliphatic heterocycles. The van der Waals surface area contributed by atoms with E-state index in [1.807, 2.05) is 7.05 Å². The molecule has 1 N–H and O–H groups in total. The average Bonchev–Trinajstić information content (AvgIpc) is 2.29. The number of ether oxygens (including phenoxy) is 1. The highest BCUT2D eigenvalue weighted by Crippen LogP contribution is 2.22. The van der Waals surface area contributed by atoms with Gasteiger partial charge in [0.25, 0.3) is 0 Å². The van der Waals surface area contributed by atoms with Crippen molar-refractivity contribution >= 4 is 0 Å². The lowest BCUT2D eigenvalue weighted by Gasteiger charge is -2.23. The zero-order valence-electron chi connectivity index (χ0n) is 10.8. The van der Waals surface area contributed by atoms with E-state index in [-0.39, 0.29) is 6.10 Å². The van der Waals surface area contributed by atoms with Gasteiger partial charge in [0.1, 0.15) is 0 Å². The summed E-state index contributed by atoms with van der Waals surface area (Å²) < 4.78 is 6.04. The highest BCUT2D eigenvalue weighted by Gasteiger charge is 2.15. The molecule has 1 aromatic rings. The third kappa shape index (κ3) is 3.62. The molecule has 0 saturated carbocycles. The van der Waals surface area contributed by atoms with Crippen molar-refractivity contribution in [1.29, 1.82) is 0 Å². The van der Waals surface area contributed by atoms with Gasteiger partial charge < -0.3 is 10.1 Å². The predicted octanol–water partition coefficient (Wildman–Crippen LogP) is 3.07. The number of hydrogen-bond acceptors (Lipinski definition) is 2. The molecule has 0 heterocycles. The first kappa shape index (κ1) is 13.2. The highest BCUT2D eigenvalue weighted by atomic mass is 16.5. The van der Waals surface area contributed by atoms with Crippen molar-refractivity contribution in [1.82, 2.24) is 5.32 Å². The van der Waals surface area contributed by atoms with E-state index in [4.69, 9.17) is 4.74 Å². The smallest absolute Gasteiger partial charge is 0.0955 e. The fourth-order valence-corrected chi connectivity index (χ4v) is 1.74. The van der Waals surface area contributed by atoms with Crippen LogP contribution < -0.4 is 5.32 Å². The number of benzene rings is 1. The molecule has 0 fully saturated rings. The fraction of sp³-hybridized carbons (Fsp3) is 0.571. The molecule has 2 nitrogen and oxygen atoms in total. The first-order valence-corrected chi connectivity index (χ1v) is 6.04. The van der Waals surface area contributed by atoms with E-state index < -0.39 is 0 Å². The van der Waals surface area contributed by atoms with Gasteiger partial charge in [0.05, 0.1) is 12.2 Å².